The molecular formula is C6H9F4. The monoisotopic (exact) mass is 157 g/mol. The standard InChI is InChI=1S/C6H9F4/c1-2-3-4-6(9,10)5(7)8/h5H,1-4H2. The first-order chi connectivity index (χ1) is 4.50. The molecule has 0 aliphatic carbocycles. The Morgan fingerprint density at radius 3 is 2.10 bits per heavy atom. The molecule has 61 valence electrons. The molecule has 0 amide bonds. The zero-order valence-electron chi connectivity index (χ0n) is 5.42. The lowest BCUT2D eigenvalue weighted by atomic mass is 10.1. The lowest BCUT2D eigenvalue weighted by molar-refractivity contribution is -0.133. The van der Waals surface area contributed by atoms with Crippen LogP contribution in [0.2, 0.25) is 0 Å². The molecule has 0 nitrogen and oxygen atoms in total. The van der Waals surface area contributed by atoms with Crippen LogP contribution in [0.15, 0.2) is 0 Å². The smallest absolute Gasteiger partial charge is 0.204 e. The third-order valence-electron chi connectivity index (χ3n) is 1.08. The molecule has 10 heavy (non-hydrogen) atoms. The van der Waals surface area contributed by atoms with Crippen molar-refractivity contribution in [2.24, 2.45) is 0 Å². The summed E-state index contributed by atoms with van der Waals surface area (Å²) >= 11 is 0. The third-order valence-corrected chi connectivity index (χ3v) is 1.08. The Balaban J connectivity index is 3.63. The van der Waals surface area contributed by atoms with Gasteiger partial charge in [-0.25, -0.2) is 17.6 Å². The van der Waals surface area contributed by atoms with Gasteiger partial charge in [-0.3, -0.25) is 0 Å². The molecule has 0 atom stereocenters. The van der Waals surface area contributed by atoms with E-state index in [1.807, 2.05) is 0 Å². The van der Waals surface area contributed by atoms with Gasteiger partial charge in [-0.1, -0.05) is 13.3 Å². The van der Waals surface area contributed by atoms with E-state index in [4.69, 9.17) is 0 Å². The van der Waals surface area contributed by atoms with E-state index in [0.29, 0.717) is 0 Å². The van der Waals surface area contributed by atoms with E-state index < -0.39 is 18.8 Å². The first-order valence-corrected chi connectivity index (χ1v) is 2.96. The second kappa shape index (κ2) is 3.78. The quantitative estimate of drug-likeness (QED) is 0.550. The Morgan fingerprint density at radius 2 is 1.80 bits per heavy atom. The van der Waals surface area contributed by atoms with Crippen LogP contribution in [0.4, 0.5) is 17.6 Å². The van der Waals surface area contributed by atoms with Crippen molar-refractivity contribution in [3.8, 4) is 0 Å². The molecule has 0 heterocycles. The number of unbranched alkanes of at least 4 members (excludes halogenated alkanes) is 1. The topological polar surface area (TPSA) is 0 Å². The van der Waals surface area contributed by atoms with Crippen molar-refractivity contribution >= 4 is 0 Å². The first kappa shape index (κ1) is 9.72. The Labute approximate surface area is 57.2 Å². The molecule has 4 heteroatoms. The Morgan fingerprint density at radius 1 is 1.30 bits per heavy atom. The maximum Gasteiger partial charge on any atom is 0.307 e. The molecule has 0 aromatic rings. The zero-order valence-corrected chi connectivity index (χ0v) is 5.42. The number of halogens is 4. The van der Waals surface area contributed by atoms with Crippen molar-refractivity contribution in [3.05, 3.63) is 6.92 Å². The van der Waals surface area contributed by atoms with Crippen molar-refractivity contribution < 1.29 is 17.6 Å². The lowest BCUT2D eigenvalue weighted by Gasteiger charge is -2.13. The summed E-state index contributed by atoms with van der Waals surface area (Å²) in [6, 6.07) is 0. The van der Waals surface area contributed by atoms with Crippen LogP contribution in [-0.2, 0) is 0 Å². The van der Waals surface area contributed by atoms with Crippen molar-refractivity contribution in [2.75, 3.05) is 0 Å². The van der Waals surface area contributed by atoms with Gasteiger partial charge in [-0.2, -0.15) is 0 Å². The van der Waals surface area contributed by atoms with Gasteiger partial charge in [0, 0.05) is 6.42 Å². The SMILES string of the molecule is [CH2]CCCC(F)(F)C(F)F. The van der Waals surface area contributed by atoms with Crippen LogP contribution in [0.5, 0.6) is 0 Å². The van der Waals surface area contributed by atoms with Gasteiger partial charge in [0.15, 0.2) is 0 Å². The Kier molecular flexibility index (Phi) is 3.68. The van der Waals surface area contributed by atoms with Crippen molar-refractivity contribution in [1.29, 1.82) is 0 Å². The van der Waals surface area contributed by atoms with Gasteiger partial charge in [-0.15, -0.1) is 0 Å². The van der Waals surface area contributed by atoms with Crippen LogP contribution in [0.25, 0.3) is 0 Å². The second-order valence-corrected chi connectivity index (χ2v) is 2.02. The summed E-state index contributed by atoms with van der Waals surface area (Å²) in [5, 5.41) is 0. The van der Waals surface area contributed by atoms with Crippen LogP contribution >= 0.6 is 0 Å². The van der Waals surface area contributed by atoms with Crippen LogP contribution < -0.4 is 0 Å². The van der Waals surface area contributed by atoms with Crippen LogP contribution in [0, 0.1) is 6.92 Å². The number of hydrogen-bond acceptors (Lipinski definition) is 0. The maximum atomic E-state index is 12.0. The molecule has 0 spiro atoms. The fourth-order valence-corrected chi connectivity index (χ4v) is 0.470. The van der Waals surface area contributed by atoms with Gasteiger partial charge in [0.25, 0.3) is 0 Å². The van der Waals surface area contributed by atoms with Gasteiger partial charge < -0.3 is 0 Å². The van der Waals surface area contributed by atoms with Gasteiger partial charge in [-0.05, 0) is 6.42 Å². The number of rotatable bonds is 4. The summed E-state index contributed by atoms with van der Waals surface area (Å²) in [4.78, 5) is 0. The van der Waals surface area contributed by atoms with Gasteiger partial charge in [0.2, 0.25) is 0 Å². The van der Waals surface area contributed by atoms with E-state index in [9.17, 15) is 17.6 Å². The van der Waals surface area contributed by atoms with Crippen molar-refractivity contribution in [3.63, 3.8) is 0 Å². The molecule has 0 aliphatic rings. The molecule has 0 rings (SSSR count). The molecule has 0 aliphatic heterocycles. The third kappa shape index (κ3) is 3.03. The van der Waals surface area contributed by atoms with Crippen molar-refractivity contribution in [1.82, 2.24) is 0 Å². The van der Waals surface area contributed by atoms with E-state index in [2.05, 4.69) is 6.92 Å². The molecule has 1 radical (unpaired) electrons. The minimum Gasteiger partial charge on any atom is -0.204 e. The van der Waals surface area contributed by atoms with Crippen LogP contribution in [-0.4, -0.2) is 12.3 Å². The van der Waals surface area contributed by atoms with Gasteiger partial charge >= 0.3 is 12.3 Å². The maximum absolute atomic E-state index is 12.0. The molecule has 0 saturated heterocycles. The normalized spacial score (nSPS) is 12.6. The highest BCUT2D eigenvalue weighted by molar-refractivity contribution is 4.68. The number of alkyl halides is 4. The average molecular weight is 157 g/mol. The molecule has 0 unspecified atom stereocenters. The van der Waals surface area contributed by atoms with E-state index in [1.165, 1.54) is 0 Å². The summed E-state index contributed by atoms with van der Waals surface area (Å²) in [7, 11) is 0. The van der Waals surface area contributed by atoms with E-state index in [0.717, 1.165) is 0 Å². The molecule has 0 aromatic heterocycles. The molecule has 0 saturated carbocycles. The molecule has 0 fully saturated rings. The van der Waals surface area contributed by atoms with Crippen LogP contribution in [0.3, 0.4) is 0 Å². The Bertz CT molecular complexity index is 89.7. The second-order valence-electron chi connectivity index (χ2n) is 2.02. The highest BCUT2D eigenvalue weighted by Crippen LogP contribution is 2.28. The van der Waals surface area contributed by atoms with E-state index >= 15 is 0 Å². The minimum atomic E-state index is -3.82. The van der Waals surface area contributed by atoms with Crippen LogP contribution in [0.1, 0.15) is 19.3 Å². The average Bonchev–Trinajstić information content (AvgIpc) is 1.84. The summed E-state index contributed by atoms with van der Waals surface area (Å²) in [5.41, 5.74) is 0. The zero-order chi connectivity index (χ0) is 8.20. The van der Waals surface area contributed by atoms with E-state index in [1.54, 1.807) is 0 Å². The molecular weight excluding hydrogens is 148 g/mol. The largest absolute Gasteiger partial charge is 0.307 e. The Hall–Kier alpha value is -0.280. The van der Waals surface area contributed by atoms with E-state index in [-0.39, 0.29) is 12.8 Å². The lowest BCUT2D eigenvalue weighted by Crippen LogP contribution is -2.25. The predicted octanol–water partition coefficient (Wildman–Crippen LogP) is 2.89. The summed E-state index contributed by atoms with van der Waals surface area (Å²) in [6.07, 6.45) is -4.01. The fourth-order valence-electron chi connectivity index (χ4n) is 0.470. The first-order valence-electron chi connectivity index (χ1n) is 2.96. The molecule has 0 N–H and O–H groups in total. The summed E-state index contributed by atoms with van der Waals surface area (Å²) < 4.78 is 46.6. The van der Waals surface area contributed by atoms with Gasteiger partial charge in [0.05, 0.1) is 0 Å². The van der Waals surface area contributed by atoms with Gasteiger partial charge in [0.1, 0.15) is 0 Å². The minimum absolute atomic E-state index is 0.0390. The molecule has 0 bridgehead atoms. The number of hydrogen-bond donors (Lipinski definition) is 0. The summed E-state index contributed by atoms with van der Waals surface area (Å²) in [6.45, 7) is 3.27. The van der Waals surface area contributed by atoms with Crippen molar-refractivity contribution in [2.45, 2.75) is 31.6 Å². The fraction of sp³-hybridized carbons (Fsp3) is 0.833. The summed E-state index contributed by atoms with van der Waals surface area (Å²) in [5.74, 6) is -3.82. The highest BCUT2D eigenvalue weighted by atomic mass is 19.3. The highest BCUT2D eigenvalue weighted by Gasteiger charge is 2.39. The predicted molar refractivity (Wildman–Crippen MR) is 30.2 cm³/mol. The molecule has 0 aromatic carbocycles.